The minimum atomic E-state index is -1.11. The maximum Gasteiger partial charge on any atom is 0.356 e. The van der Waals surface area contributed by atoms with Crippen LogP contribution in [0.5, 0.6) is 0 Å². The summed E-state index contributed by atoms with van der Waals surface area (Å²) in [6.45, 7) is 2.82. The van der Waals surface area contributed by atoms with Gasteiger partial charge in [-0.05, 0) is 19.3 Å². The van der Waals surface area contributed by atoms with Crippen LogP contribution in [0, 0.1) is 0 Å². The Kier molecular flexibility index (Phi) is 4.01. The van der Waals surface area contributed by atoms with Crippen LogP contribution in [0.3, 0.4) is 0 Å². The number of hydrogen-bond acceptors (Lipinski definition) is 4. The summed E-state index contributed by atoms with van der Waals surface area (Å²) in [5.41, 5.74) is -0.104. The molecule has 1 aromatic heterocycles. The molecular weight excluding hydrogens is 254 g/mol. The molecular formula is C12H16ClN3O2. The zero-order valence-electron chi connectivity index (χ0n) is 10.2. The molecule has 0 unspecified atom stereocenters. The van der Waals surface area contributed by atoms with Crippen molar-refractivity contribution < 1.29 is 9.90 Å². The Labute approximate surface area is 111 Å². The number of halogens is 1. The van der Waals surface area contributed by atoms with Gasteiger partial charge in [-0.25, -0.2) is 14.8 Å². The highest BCUT2D eigenvalue weighted by molar-refractivity contribution is 6.35. The first kappa shape index (κ1) is 13.1. The van der Waals surface area contributed by atoms with Gasteiger partial charge < -0.3 is 10.4 Å². The first-order chi connectivity index (χ1) is 8.63. The molecule has 1 saturated carbocycles. The van der Waals surface area contributed by atoms with Crippen LogP contribution in [-0.2, 0) is 0 Å². The summed E-state index contributed by atoms with van der Waals surface area (Å²) >= 11 is 6.01. The molecule has 0 amide bonds. The second-order valence-electron chi connectivity index (χ2n) is 4.45. The lowest BCUT2D eigenvalue weighted by Gasteiger charge is -2.10. The maximum absolute atomic E-state index is 11.1. The molecule has 0 spiro atoms. The summed E-state index contributed by atoms with van der Waals surface area (Å²) in [5, 5.41) is 12.3. The van der Waals surface area contributed by atoms with E-state index in [1.165, 1.54) is 0 Å². The second kappa shape index (κ2) is 5.52. The van der Waals surface area contributed by atoms with Crippen molar-refractivity contribution in [2.24, 2.45) is 0 Å². The number of aromatic nitrogens is 2. The van der Waals surface area contributed by atoms with Gasteiger partial charge in [0.05, 0.1) is 0 Å². The minimum absolute atomic E-state index is 0.100. The van der Waals surface area contributed by atoms with Crippen LogP contribution in [-0.4, -0.2) is 27.6 Å². The number of unbranched alkanes of at least 4 members (excludes halogenated alkanes) is 1. The van der Waals surface area contributed by atoms with Gasteiger partial charge in [0.1, 0.15) is 16.7 Å². The number of aromatic carboxylic acids is 1. The van der Waals surface area contributed by atoms with E-state index >= 15 is 0 Å². The van der Waals surface area contributed by atoms with E-state index in [0.717, 1.165) is 32.2 Å². The summed E-state index contributed by atoms with van der Waals surface area (Å²) in [6, 6.07) is 0. The molecule has 0 radical (unpaired) electrons. The van der Waals surface area contributed by atoms with Gasteiger partial charge >= 0.3 is 5.97 Å². The van der Waals surface area contributed by atoms with E-state index in [9.17, 15) is 4.79 Å². The molecule has 18 heavy (non-hydrogen) atoms. The fraction of sp³-hybridized carbons (Fsp3) is 0.583. The number of hydrogen-bond donors (Lipinski definition) is 2. The molecule has 2 rings (SSSR count). The Morgan fingerprint density at radius 1 is 1.50 bits per heavy atom. The smallest absolute Gasteiger partial charge is 0.356 e. The molecule has 98 valence electrons. The minimum Gasteiger partial charge on any atom is -0.476 e. The molecule has 1 aliphatic carbocycles. The third-order valence-electron chi connectivity index (χ3n) is 2.84. The van der Waals surface area contributed by atoms with E-state index in [1.807, 2.05) is 0 Å². The standard InChI is InChI=1S/C12H16ClN3O2/c1-2-3-6-14-11-8(13)9(12(17)18)15-10(16-11)7-4-5-7/h7H,2-6H2,1H3,(H,17,18)(H,14,15,16). The summed E-state index contributed by atoms with van der Waals surface area (Å²) in [5.74, 6) is 0.227. The molecule has 5 nitrogen and oxygen atoms in total. The van der Waals surface area contributed by atoms with Crippen LogP contribution in [0.2, 0.25) is 5.02 Å². The van der Waals surface area contributed by atoms with Crippen LogP contribution in [0.1, 0.15) is 54.8 Å². The molecule has 0 aromatic carbocycles. The molecule has 6 heteroatoms. The van der Waals surface area contributed by atoms with Crippen molar-refractivity contribution in [1.29, 1.82) is 0 Å². The van der Waals surface area contributed by atoms with Crippen molar-refractivity contribution in [3.63, 3.8) is 0 Å². The maximum atomic E-state index is 11.1. The first-order valence-electron chi connectivity index (χ1n) is 6.18. The van der Waals surface area contributed by atoms with E-state index < -0.39 is 5.97 Å². The fourth-order valence-corrected chi connectivity index (χ4v) is 1.86. The number of carboxylic acid groups (broad SMARTS) is 1. The summed E-state index contributed by atoms with van der Waals surface area (Å²) in [6.07, 6.45) is 4.09. The third kappa shape index (κ3) is 2.90. The molecule has 0 aliphatic heterocycles. The summed E-state index contributed by atoms with van der Waals surface area (Å²) in [4.78, 5) is 19.5. The molecule has 1 heterocycles. The van der Waals surface area contributed by atoms with Crippen LogP contribution < -0.4 is 5.32 Å². The highest BCUT2D eigenvalue weighted by Crippen LogP contribution is 2.39. The summed E-state index contributed by atoms with van der Waals surface area (Å²) < 4.78 is 0. The lowest BCUT2D eigenvalue weighted by atomic mass is 10.3. The molecule has 0 bridgehead atoms. The highest BCUT2D eigenvalue weighted by atomic mass is 35.5. The lowest BCUT2D eigenvalue weighted by molar-refractivity contribution is 0.0690. The van der Waals surface area contributed by atoms with Crippen molar-refractivity contribution in [2.45, 2.75) is 38.5 Å². The van der Waals surface area contributed by atoms with Crippen molar-refractivity contribution in [1.82, 2.24) is 9.97 Å². The normalized spacial score (nSPS) is 14.6. The number of anilines is 1. The molecule has 0 saturated heterocycles. The zero-order valence-corrected chi connectivity index (χ0v) is 11.0. The van der Waals surface area contributed by atoms with Crippen molar-refractivity contribution in [3.05, 3.63) is 16.5 Å². The van der Waals surface area contributed by atoms with E-state index in [4.69, 9.17) is 16.7 Å². The number of nitrogens with one attached hydrogen (secondary N) is 1. The summed E-state index contributed by atoms with van der Waals surface area (Å²) in [7, 11) is 0. The lowest BCUT2D eigenvalue weighted by Crippen LogP contribution is -2.11. The fourth-order valence-electron chi connectivity index (χ4n) is 1.63. The van der Waals surface area contributed by atoms with Gasteiger partial charge in [0, 0.05) is 12.5 Å². The van der Waals surface area contributed by atoms with Crippen molar-refractivity contribution in [2.75, 3.05) is 11.9 Å². The van der Waals surface area contributed by atoms with Gasteiger partial charge in [0.15, 0.2) is 5.69 Å². The molecule has 1 fully saturated rings. The molecule has 0 atom stereocenters. The van der Waals surface area contributed by atoms with E-state index in [-0.39, 0.29) is 10.7 Å². The monoisotopic (exact) mass is 269 g/mol. The highest BCUT2D eigenvalue weighted by Gasteiger charge is 2.29. The van der Waals surface area contributed by atoms with Gasteiger partial charge in [-0.2, -0.15) is 0 Å². The average molecular weight is 270 g/mol. The number of nitrogens with zero attached hydrogens (tertiary/aromatic N) is 2. The zero-order chi connectivity index (χ0) is 13.1. The average Bonchev–Trinajstić information content (AvgIpc) is 3.15. The van der Waals surface area contributed by atoms with Crippen LogP contribution >= 0.6 is 11.6 Å². The van der Waals surface area contributed by atoms with Crippen LogP contribution in [0.25, 0.3) is 0 Å². The molecule has 1 aromatic rings. The van der Waals surface area contributed by atoms with Gasteiger partial charge in [-0.1, -0.05) is 24.9 Å². The van der Waals surface area contributed by atoms with E-state index in [0.29, 0.717) is 17.6 Å². The predicted molar refractivity (Wildman–Crippen MR) is 69.4 cm³/mol. The SMILES string of the molecule is CCCCNc1nc(C2CC2)nc(C(=O)O)c1Cl. The third-order valence-corrected chi connectivity index (χ3v) is 3.19. The Balaban J connectivity index is 2.27. The van der Waals surface area contributed by atoms with Crippen LogP contribution in [0.15, 0.2) is 0 Å². The quantitative estimate of drug-likeness (QED) is 0.777. The Morgan fingerprint density at radius 3 is 2.78 bits per heavy atom. The van der Waals surface area contributed by atoms with Gasteiger partial charge in [-0.15, -0.1) is 0 Å². The van der Waals surface area contributed by atoms with E-state index in [1.54, 1.807) is 0 Å². The topological polar surface area (TPSA) is 75.1 Å². The van der Waals surface area contributed by atoms with Crippen molar-refractivity contribution >= 4 is 23.4 Å². The Morgan fingerprint density at radius 2 is 2.22 bits per heavy atom. The first-order valence-corrected chi connectivity index (χ1v) is 6.55. The Hall–Kier alpha value is -1.36. The molecule has 1 aliphatic rings. The van der Waals surface area contributed by atoms with Gasteiger partial charge in [0.25, 0.3) is 0 Å². The van der Waals surface area contributed by atoms with E-state index in [2.05, 4.69) is 22.2 Å². The number of carbonyl (C=O) groups is 1. The number of carboxylic acids is 1. The van der Waals surface area contributed by atoms with Crippen molar-refractivity contribution in [3.8, 4) is 0 Å². The predicted octanol–water partition coefficient (Wildman–Crippen LogP) is 2.92. The van der Waals surface area contributed by atoms with Crippen LogP contribution in [0.4, 0.5) is 5.82 Å². The second-order valence-corrected chi connectivity index (χ2v) is 4.83. The number of rotatable bonds is 6. The van der Waals surface area contributed by atoms with Gasteiger partial charge in [0.2, 0.25) is 0 Å². The Bertz CT molecular complexity index is 461. The van der Waals surface area contributed by atoms with Gasteiger partial charge in [-0.3, -0.25) is 0 Å². The largest absolute Gasteiger partial charge is 0.476 e. The molecule has 2 N–H and O–H groups in total.